The first-order chi connectivity index (χ1) is 19.2. The van der Waals surface area contributed by atoms with Crippen LogP contribution in [0, 0.1) is 5.82 Å². The van der Waals surface area contributed by atoms with Crippen molar-refractivity contribution in [3.8, 4) is 11.3 Å². The first-order valence-corrected chi connectivity index (χ1v) is 14.1. The van der Waals surface area contributed by atoms with Gasteiger partial charge in [-0.1, -0.05) is 11.6 Å². The molecule has 5 heterocycles. The minimum Gasteiger partial charge on any atom is -0.446 e. The maximum absolute atomic E-state index is 15.6. The van der Waals surface area contributed by atoms with E-state index < -0.39 is 18.0 Å². The summed E-state index contributed by atoms with van der Waals surface area (Å²) in [6, 6.07) is 2.96. The summed E-state index contributed by atoms with van der Waals surface area (Å²) in [7, 11) is 1.49. The van der Waals surface area contributed by atoms with E-state index in [1.165, 1.54) is 19.3 Å². The van der Waals surface area contributed by atoms with Crippen LogP contribution in [-0.2, 0) is 9.47 Å². The van der Waals surface area contributed by atoms with Crippen LogP contribution in [0.25, 0.3) is 22.3 Å². The first-order valence-electron chi connectivity index (χ1n) is 13.7. The van der Waals surface area contributed by atoms with Crippen molar-refractivity contribution in [1.82, 2.24) is 24.8 Å². The van der Waals surface area contributed by atoms with Crippen molar-refractivity contribution < 1.29 is 23.8 Å². The maximum atomic E-state index is 15.6. The fourth-order valence-electron chi connectivity index (χ4n) is 5.93. The van der Waals surface area contributed by atoms with Crippen LogP contribution >= 0.6 is 11.6 Å². The number of morpholine rings is 1. The molecule has 2 aromatic heterocycles. The SMILES string of the molecule is CNC(=O)O[C@H]1CC[C@@H](Nc2ncc(Cl)c(-c3cc(F)c4nc(N5CC6CC(C5)O6)n(C(C)C)c4c3)n2)[C@H](O)C1. The lowest BCUT2D eigenvalue weighted by Crippen LogP contribution is -2.58. The Bertz CT molecular complexity index is 1420. The van der Waals surface area contributed by atoms with E-state index in [1.807, 2.05) is 6.07 Å². The number of halogens is 2. The summed E-state index contributed by atoms with van der Waals surface area (Å²) in [5.74, 6) is 0.543. The number of ether oxygens (including phenoxy) is 2. The number of carbonyl (C=O) groups excluding carboxylic acids is 1. The van der Waals surface area contributed by atoms with Gasteiger partial charge >= 0.3 is 6.09 Å². The number of amides is 1. The number of fused-ring (bicyclic) bond motifs is 3. The first kappa shape index (κ1) is 27.0. The van der Waals surface area contributed by atoms with E-state index >= 15 is 4.39 Å². The molecule has 7 rings (SSSR count). The number of hydrogen-bond acceptors (Lipinski definition) is 9. The molecule has 3 aliphatic heterocycles. The van der Waals surface area contributed by atoms with Gasteiger partial charge < -0.3 is 34.7 Å². The molecule has 3 saturated heterocycles. The summed E-state index contributed by atoms with van der Waals surface area (Å²) >= 11 is 6.51. The van der Waals surface area contributed by atoms with E-state index in [9.17, 15) is 9.90 Å². The molecule has 0 spiro atoms. The van der Waals surface area contributed by atoms with Crippen molar-refractivity contribution in [2.24, 2.45) is 0 Å². The Morgan fingerprint density at radius 3 is 2.65 bits per heavy atom. The van der Waals surface area contributed by atoms with Gasteiger partial charge in [0.25, 0.3) is 0 Å². The van der Waals surface area contributed by atoms with Crippen molar-refractivity contribution in [1.29, 1.82) is 0 Å². The van der Waals surface area contributed by atoms with Crippen LogP contribution in [0.4, 0.5) is 21.1 Å². The number of piperidine rings is 1. The smallest absolute Gasteiger partial charge is 0.407 e. The number of rotatable bonds is 6. The van der Waals surface area contributed by atoms with Crippen molar-refractivity contribution in [3.05, 3.63) is 29.2 Å². The molecule has 1 aliphatic carbocycles. The van der Waals surface area contributed by atoms with Crippen molar-refractivity contribution in [2.75, 3.05) is 30.4 Å². The number of aliphatic hydroxyl groups is 1. The Morgan fingerprint density at radius 1 is 1.23 bits per heavy atom. The van der Waals surface area contributed by atoms with Gasteiger partial charge in [-0.15, -0.1) is 0 Å². The van der Waals surface area contributed by atoms with E-state index in [-0.39, 0.29) is 41.4 Å². The zero-order valence-electron chi connectivity index (χ0n) is 22.6. The molecule has 214 valence electrons. The second-order valence-corrected chi connectivity index (χ2v) is 11.4. The standard InChI is InChI=1S/C27H33ClFN7O4/c1-13(2)36-21-7-14(6-19(29)24(21)34-26(36)35-11-16-8-17(12-35)39-16)23-18(28)10-31-25(33-23)32-20-5-4-15(9-22(20)37)40-27(38)30-3/h6-7,10,13,15-17,20,22,37H,4-5,8-9,11-12H2,1-3H3,(H,30,38)(H,31,32,33)/t15-,16?,17?,20+,22+/m0/s1. The molecule has 1 saturated carbocycles. The summed E-state index contributed by atoms with van der Waals surface area (Å²) in [6.45, 7) is 5.57. The van der Waals surface area contributed by atoms with E-state index in [1.54, 1.807) is 0 Å². The van der Waals surface area contributed by atoms with Gasteiger partial charge in [0, 0.05) is 44.6 Å². The van der Waals surface area contributed by atoms with Crippen LogP contribution in [0.2, 0.25) is 5.02 Å². The number of benzene rings is 1. The minimum absolute atomic E-state index is 0.0379. The summed E-state index contributed by atoms with van der Waals surface area (Å²) in [6.07, 6.45) is 2.66. The number of nitrogens with zero attached hydrogens (tertiary/aromatic N) is 5. The van der Waals surface area contributed by atoms with Crippen LogP contribution in [0.15, 0.2) is 18.3 Å². The predicted molar refractivity (Wildman–Crippen MR) is 148 cm³/mol. The zero-order valence-corrected chi connectivity index (χ0v) is 23.4. The van der Waals surface area contributed by atoms with Crippen molar-refractivity contribution in [3.63, 3.8) is 0 Å². The van der Waals surface area contributed by atoms with Crippen LogP contribution in [0.5, 0.6) is 0 Å². The average Bonchev–Trinajstić information content (AvgIpc) is 3.31. The molecule has 4 fully saturated rings. The Labute approximate surface area is 236 Å². The summed E-state index contributed by atoms with van der Waals surface area (Å²) < 4.78 is 28.7. The molecule has 13 heteroatoms. The van der Waals surface area contributed by atoms with Gasteiger partial charge in [0.2, 0.25) is 11.9 Å². The molecule has 2 unspecified atom stereocenters. The molecule has 2 bridgehead atoms. The van der Waals surface area contributed by atoms with Crippen LogP contribution in [0.3, 0.4) is 0 Å². The van der Waals surface area contributed by atoms with Gasteiger partial charge in [0.1, 0.15) is 11.6 Å². The highest BCUT2D eigenvalue weighted by Crippen LogP contribution is 2.37. The van der Waals surface area contributed by atoms with Crippen LogP contribution in [-0.4, -0.2) is 81.3 Å². The third-order valence-corrected chi connectivity index (χ3v) is 8.14. The molecule has 40 heavy (non-hydrogen) atoms. The van der Waals surface area contributed by atoms with Crippen LogP contribution < -0.4 is 15.5 Å². The molecule has 4 aliphatic rings. The van der Waals surface area contributed by atoms with Crippen LogP contribution in [0.1, 0.15) is 45.6 Å². The number of alkyl carbamates (subject to hydrolysis) is 1. The highest BCUT2D eigenvalue weighted by atomic mass is 35.5. The molecule has 5 atom stereocenters. The van der Waals surface area contributed by atoms with Gasteiger partial charge in [-0.25, -0.2) is 24.1 Å². The highest BCUT2D eigenvalue weighted by molar-refractivity contribution is 6.33. The van der Waals surface area contributed by atoms with E-state index in [4.69, 9.17) is 26.1 Å². The third kappa shape index (κ3) is 5.04. The lowest BCUT2D eigenvalue weighted by Gasteiger charge is -2.47. The van der Waals surface area contributed by atoms with E-state index in [2.05, 4.69) is 43.9 Å². The lowest BCUT2D eigenvalue weighted by atomic mass is 9.90. The molecule has 11 nitrogen and oxygen atoms in total. The molecule has 0 radical (unpaired) electrons. The fourth-order valence-corrected chi connectivity index (χ4v) is 6.13. The van der Waals surface area contributed by atoms with Crippen molar-refractivity contribution >= 4 is 40.6 Å². The number of nitrogens with one attached hydrogen (secondary N) is 2. The number of hydrogen-bond donors (Lipinski definition) is 3. The average molecular weight is 574 g/mol. The number of aromatic nitrogens is 4. The molecule has 3 aromatic rings. The number of aliphatic hydroxyl groups excluding tert-OH is 1. The van der Waals surface area contributed by atoms with Gasteiger partial charge in [0.05, 0.1) is 46.8 Å². The Kier molecular flexibility index (Phi) is 7.18. The third-order valence-electron chi connectivity index (χ3n) is 7.87. The summed E-state index contributed by atoms with van der Waals surface area (Å²) in [5, 5.41) is 16.5. The quantitative estimate of drug-likeness (QED) is 0.402. The fraction of sp³-hybridized carbons (Fsp3) is 0.556. The maximum Gasteiger partial charge on any atom is 0.407 e. The molecular formula is C27H33ClFN7O4. The summed E-state index contributed by atoms with van der Waals surface area (Å²) in [5.41, 5.74) is 1.84. The number of imidazole rings is 1. The lowest BCUT2D eigenvalue weighted by molar-refractivity contribution is -0.133. The minimum atomic E-state index is -0.773. The van der Waals surface area contributed by atoms with E-state index in [0.29, 0.717) is 41.6 Å². The topological polar surface area (TPSA) is 127 Å². The largest absolute Gasteiger partial charge is 0.446 e. The Hall–Kier alpha value is -3.22. The molecular weight excluding hydrogens is 541 g/mol. The molecule has 1 aromatic carbocycles. The summed E-state index contributed by atoms with van der Waals surface area (Å²) in [4.78, 5) is 27.3. The monoisotopic (exact) mass is 573 g/mol. The van der Waals surface area contributed by atoms with E-state index in [0.717, 1.165) is 25.5 Å². The second kappa shape index (κ2) is 10.6. The van der Waals surface area contributed by atoms with Gasteiger partial charge in [0.15, 0.2) is 5.82 Å². The zero-order chi connectivity index (χ0) is 28.1. The van der Waals surface area contributed by atoms with Gasteiger partial charge in [-0.05, 0) is 38.8 Å². The Balaban J connectivity index is 1.28. The number of carbonyl (C=O) groups is 1. The molecule has 1 amide bonds. The van der Waals surface area contributed by atoms with Gasteiger partial charge in [-0.3, -0.25) is 0 Å². The van der Waals surface area contributed by atoms with Crippen molar-refractivity contribution in [2.45, 2.75) is 76.0 Å². The molecule has 3 N–H and O–H groups in total. The van der Waals surface area contributed by atoms with Gasteiger partial charge in [-0.2, -0.15) is 0 Å². The number of anilines is 2. The Morgan fingerprint density at radius 2 is 1.98 bits per heavy atom. The normalized spacial score (nSPS) is 26.1. The second-order valence-electron chi connectivity index (χ2n) is 11.0. The highest BCUT2D eigenvalue weighted by Gasteiger charge is 2.40. The predicted octanol–water partition coefficient (Wildman–Crippen LogP) is 3.89.